The highest BCUT2D eigenvalue weighted by molar-refractivity contribution is 6.21. The molecule has 9 aromatic rings. The molecule has 0 radical (unpaired) electrons. The average molecular weight is 1710 g/mol. The first-order chi connectivity index (χ1) is 59.6. The van der Waals surface area contributed by atoms with Gasteiger partial charge in [0.15, 0.2) is 5.82 Å². The number of piperazine rings is 5. The van der Waals surface area contributed by atoms with Gasteiger partial charge in [0, 0.05) is 209 Å². The fourth-order valence-corrected chi connectivity index (χ4v) is 15.3. The van der Waals surface area contributed by atoms with Crippen LogP contribution in [0.5, 0.6) is 0 Å². The number of rotatable bonds is 23. The van der Waals surface area contributed by atoms with E-state index < -0.39 is 16.8 Å². The van der Waals surface area contributed by atoms with Crippen LogP contribution in [0, 0.1) is 0 Å². The van der Waals surface area contributed by atoms with Crippen molar-refractivity contribution in [3.63, 3.8) is 0 Å². The van der Waals surface area contributed by atoms with E-state index in [0.717, 1.165) is 246 Å². The molecule has 0 aliphatic carbocycles. The Kier molecular flexibility index (Phi) is 34.4. The number of carbonyl (C=O) groups is 5. The third kappa shape index (κ3) is 28.8. The molecule has 0 spiro atoms. The molecule has 6 aliphatic heterocycles. The standard InChI is InChI=1S/C24H25N5O2.C21H29N3O4.C20H27N3O4.C16H21N3O2.C12H25N3O2/c30-22-17-20(19-6-1-2-7-21(19)31-22)25-10-4-12-28-13-15-29(16-14-28)24-23-18(8-11-27-24)5-3-9-26-23;1-21(2,3)28-20(26)24-13-11-23(12-14-24)10-6-9-22-17-15-19(25)27-18-8-5-4-7-16(17)18;1-20(2,3)27-19(26)22-13-11-21(12-14-22)9-6-10-23-17(24)15-7-4-5-8-16(15)18(23)25;20-16-12-14(13-4-1-2-5-15(13)21-16)18-6-3-9-19-10-7-17-8-11-19;1-12(2,3)17-11(16)15-9-7-14(8-10-15)6-4-5-13/h1-3,5-9,11,17,25H,4,10,12-16H2;4-5,7-8,15,22H,6,9-14H2,1-3H3;4-5,7-8H,6,9-14H2,1-3H3;1-2,4-5,12,17-18H,3,6-11H2;4-10,13H2,1-3H3. The molecule has 5 aromatic heterocycles. The molecule has 0 bridgehead atoms. The van der Waals surface area contributed by atoms with E-state index in [9.17, 15) is 38.4 Å². The predicted molar refractivity (Wildman–Crippen MR) is 487 cm³/mol. The molecule has 5 amide bonds. The number of pyridine rings is 2. The minimum Gasteiger partial charge on any atom is -0.444 e. The van der Waals surface area contributed by atoms with Crippen molar-refractivity contribution in [3.8, 4) is 0 Å². The number of nitrogens with two attached hydrogens (primary N) is 1. The van der Waals surface area contributed by atoms with Gasteiger partial charge in [-0.25, -0.2) is 33.8 Å². The predicted octanol–water partition coefficient (Wildman–Crippen LogP) is 11.1. The van der Waals surface area contributed by atoms with E-state index in [2.05, 4.69) is 66.7 Å². The van der Waals surface area contributed by atoms with Crippen LogP contribution in [0.15, 0.2) is 173 Å². The van der Waals surface area contributed by atoms with Gasteiger partial charge >= 0.3 is 35.2 Å². The molecule has 5 fully saturated rings. The van der Waals surface area contributed by atoms with Crippen molar-refractivity contribution in [1.82, 2.24) is 59.4 Å². The number of para-hydroxylation sites is 3. The van der Waals surface area contributed by atoms with E-state index in [1.807, 2.05) is 154 Å². The molecule has 6 N–H and O–H groups in total. The fourth-order valence-electron chi connectivity index (χ4n) is 15.3. The van der Waals surface area contributed by atoms with Crippen molar-refractivity contribution in [2.24, 2.45) is 5.73 Å². The van der Waals surface area contributed by atoms with Gasteiger partial charge in [0.05, 0.1) is 28.2 Å². The van der Waals surface area contributed by atoms with Crippen molar-refractivity contribution in [2.45, 2.75) is 111 Å². The molecule has 124 heavy (non-hydrogen) atoms. The molecule has 5 saturated heterocycles. The zero-order valence-corrected chi connectivity index (χ0v) is 73.8. The molecular weight excluding hydrogens is 1580 g/mol. The number of benzene rings is 4. The summed E-state index contributed by atoms with van der Waals surface area (Å²) in [6.45, 7) is 42.8. The summed E-state index contributed by atoms with van der Waals surface area (Å²) in [5.74, 6) is 0.574. The highest BCUT2D eigenvalue weighted by Gasteiger charge is 2.36. The first-order valence-corrected chi connectivity index (χ1v) is 43.8. The van der Waals surface area contributed by atoms with Crippen molar-refractivity contribution in [2.75, 3.05) is 217 Å². The van der Waals surface area contributed by atoms with Crippen molar-refractivity contribution >= 4 is 96.8 Å². The molecule has 11 heterocycles. The number of ether oxygens (including phenoxy) is 3. The van der Waals surface area contributed by atoms with E-state index in [-0.39, 0.29) is 47.0 Å². The van der Waals surface area contributed by atoms with Gasteiger partial charge in [-0.2, -0.15) is 0 Å². The number of anilines is 4. The summed E-state index contributed by atoms with van der Waals surface area (Å²) in [4.78, 5) is 126. The third-order valence-corrected chi connectivity index (χ3v) is 21.7. The van der Waals surface area contributed by atoms with Crippen LogP contribution in [0.2, 0.25) is 0 Å². The Balaban J connectivity index is 0.000000153. The Labute approximate surface area is 726 Å². The monoisotopic (exact) mass is 1710 g/mol. The number of nitrogens with one attached hydrogen (secondary N) is 4. The lowest BCUT2D eigenvalue weighted by molar-refractivity contribution is 0.0134. The zero-order valence-electron chi connectivity index (χ0n) is 73.8. The van der Waals surface area contributed by atoms with Crippen LogP contribution in [-0.4, -0.2) is 297 Å². The smallest absolute Gasteiger partial charge is 0.410 e. The number of hydrogen-bond acceptors (Lipinski definition) is 27. The minimum atomic E-state index is -0.486. The summed E-state index contributed by atoms with van der Waals surface area (Å²) in [7, 11) is 0. The Hall–Kier alpha value is -11.1. The fraction of sp³-hybridized carbons (Fsp3) is 0.505. The largest absolute Gasteiger partial charge is 0.444 e. The molecule has 31 nitrogen and oxygen atoms in total. The molecule has 31 heteroatoms. The molecule has 15 rings (SSSR count). The summed E-state index contributed by atoms with van der Waals surface area (Å²) >= 11 is 0. The zero-order chi connectivity index (χ0) is 88.2. The third-order valence-electron chi connectivity index (χ3n) is 21.7. The van der Waals surface area contributed by atoms with Crippen molar-refractivity contribution < 1.29 is 51.4 Å². The van der Waals surface area contributed by atoms with E-state index in [0.29, 0.717) is 60.6 Å². The highest BCUT2D eigenvalue weighted by atomic mass is 16.6. The number of imide groups is 1. The molecule has 4 aromatic carbocycles. The molecule has 0 atom stereocenters. The topological polar surface area (TPSA) is 336 Å². The van der Waals surface area contributed by atoms with E-state index in [1.165, 1.54) is 23.1 Å². The number of fused-ring (bicyclic) bond motifs is 5. The van der Waals surface area contributed by atoms with Crippen molar-refractivity contribution in [1.29, 1.82) is 0 Å². The van der Waals surface area contributed by atoms with E-state index in [4.69, 9.17) is 33.2 Å². The minimum absolute atomic E-state index is 0.198. The maximum atomic E-state index is 12.4. The Morgan fingerprint density at radius 2 is 0.742 bits per heavy atom. The van der Waals surface area contributed by atoms with Crippen LogP contribution < -0.4 is 48.8 Å². The van der Waals surface area contributed by atoms with Crippen LogP contribution in [0.4, 0.5) is 37.3 Å². The Morgan fingerprint density at radius 1 is 0.395 bits per heavy atom. The quantitative estimate of drug-likeness (QED) is 0.0172. The van der Waals surface area contributed by atoms with Gasteiger partial charge in [0.2, 0.25) is 0 Å². The first kappa shape index (κ1) is 93.6. The molecule has 0 unspecified atom stereocenters. The number of nitrogens with zero attached hydrogens (tertiary/aromatic N) is 12. The van der Waals surface area contributed by atoms with Crippen LogP contribution >= 0.6 is 0 Å². The van der Waals surface area contributed by atoms with Gasteiger partial charge in [0.1, 0.15) is 39.1 Å². The maximum absolute atomic E-state index is 12.4. The second-order valence-electron chi connectivity index (χ2n) is 34.6. The number of amides is 5. The van der Waals surface area contributed by atoms with Gasteiger partial charge in [0.25, 0.3) is 11.8 Å². The lowest BCUT2D eigenvalue weighted by Gasteiger charge is -2.35. The van der Waals surface area contributed by atoms with E-state index >= 15 is 0 Å². The van der Waals surface area contributed by atoms with Crippen LogP contribution in [-0.2, 0) is 14.2 Å². The van der Waals surface area contributed by atoms with Gasteiger partial charge in [-0.1, -0.05) is 54.6 Å². The van der Waals surface area contributed by atoms with Crippen LogP contribution in [0.1, 0.15) is 115 Å². The lowest BCUT2D eigenvalue weighted by Crippen LogP contribution is -2.50. The molecular formula is C93H127N17O14. The Bertz CT molecular complexity index is 5100. The van der Waals surface area contributed by atoms with Crippen molar-refractivity contribution in [3.05, 3.63) is 188 Å². The SMILES string of the molecule is CC(C)(C)OC(=O)N1CCN(CCCN)CC1.CC(C)(C)OC(=O)N1CCN(CCCN2C(=O)c3ccccc3C2=O)CC1.CC(C)(C)OC(=O)N1CCN(CCCNc2cc(=O)oc3ccccc23)CC1.O=c1cc(NCCCN2CCN(c3nccc4cccnc34)CC2)c2ccccc2o1.O=c1cc(NCCCN2CCNCC2)c2ccccc2o1. The normalized spacial score (nSPS) is 16.4. The second-order valence-corrected chi connectivity index (χ2v) is 34.6. The summed E-state index contributed by atoms with van der Waals surface area (Å²) in [6, 6.07) is 40.3. The maximum Gasteiger partial charge on any atom is 0.410 e. The lowest BCUT2D eigenvalue weighted by atomic mass is 10.1. The van der Waals surface area contributed by atoms with Crippen LogP contribution in [0.25, 0.3) is 43.8 Å². The summed E-state index contributed by atoms with van der Waals surface area (Å²) in [5, 5.41) is 17.4. The van der Waals surface area contributed by atoms with Gasteiger partial charge in [-0.15, -0.1) is 0 Å². The number of carbonyl (C=O) groups excluding carboxylic acids is 5. The highest BCUT2D eigenvalue weighted by Crippen LogP contribution is 2.28. The van der Waals surface area contributed by atoms with Crippen LogP contribution in [0.3, 0.4) is 0 Å². The summed E-state index contributed by atoms with van der Waals surface area (Å²) in [6.07, 6.45) is 7.75. The second kappa shape index (κ2) is 45.5. The van der Waals surface area contributed by atoms with E-state index in [1.54, 1.807) is 45.0 Å². The number of aromatic nitrogens is 2. The van der Waals surface area contributed by atoms with Gasteiger partial charge in [-0.3, -0.25) is 39.1 Å². The molecule has 0 saturated carbocycles. The molecule has 6 aliphatic rings. The number of hydrogen-bond donors (Lipinski definition) is 5. The van der Waals surface area contributed by atoms with Gasteiger partial charge < -0.3 is 79.0 Å². The summed E-state index contributed by atoms with van der Waals surface area (Å²) in [5.41, 5.74) is 9.46. The first-order valence-electron chi connectivity index (χ1n) is 43.8. The average Bonchev–Trinajstić information content (AvgIpc) is 1.64. The van der Waals surface area contributed by atoms with Gasteiger partial charge in [-0.05, 0) is 194 Å². The summed E-state index contributed by atoms with van der Waals surface area (Å²) < 4.78 is 31.8. The Morgan fingerprint density at radius 3 is 1.12 bits per heavy atom. The molecule has 668 valence electrons.